The van der Waals surface area contributed by atoms with Gasteiger partial charge in [-0.05, 0) is 50.3 Å². The number of rotatable bonds is 3. The first-order chi connectivity index (χ1) is 9.43. The fourth-order valence-corrected chi connectivity index (χ4v) is 3.33. The normalized spacial score (nSPS) is 22.4. The molecule has 1 aromatic carbocycles. The Balaban J connectivity index is 2.52. The second kappa shape index (κ2) is 6.04. The van der Waals surface area contributed by atoms with Crippen molar-refractivity contribution in [3.05, 3.63) is 47.1 Å². The van der Waals surface area contributed by atoms with Crippen LogP contribution < -0.4 is 0 Å². The molecule has 3 heteroatoms. The average molecular weight is 337 g/mol. The fourth-order valence-electron chi connectivity index (χ4n) is 3.00. The summed E-state index contributed by atoms with van der Waals surface area (Å²) in [6.45, 7) is 8.19. The predicted molar refractivity (Wildman–Crippen MR) is 86.4 cm³/mol. The molecule has 108 valence electrons. The molecule has 1 aliphatic carbocycles. The Morgan fingerprint density at radius 1 is 1.35 bits per heavy atom. The van der Waals surface area contributed by atoms with E-state index in [9.17, 15) is 10.2 Å². The van der Waals surface area contributed by atoms with E-state index in [-0.39, 0.29) is 23.3 Å². The summed E-state index contributed by atoms with van der Waals surface area (Å²) in [7, 11) is 0. The number of hydrogen-bond donors (Lipinski definition) is 2. The summed E-state index contributed by atoms with van der Waals surface area (Å²) in [4.78, 5) is 0. The van der Waals surface area contributed by atoms with E-state index in [1.807, 2.05) is 6.92 Å². The van der Waals surface area contributed by atoms with Crippen LogP contribution in [0.5, 0.6) is 11.5 Å². The Labute approximate surface area is 129 Å². The van der Waals surface area contributed by atoms with E-state index in [0.717, 1.165) is 24.0 Å². The molecule has 0 amide bonds. The van der Waals surface area contributed by atoms with E-state index < -0.39 is 0 Å². The van der Waals surface area contributed by atoms with Crippen molar-refractivity contribution in [1.82, 2.24) is 0 Å². The van der Waals surface area contributed by atoms with Crippen molar-refractivity contribution in [1.29, 1.82) is 0 Å². The lowest BCUT2D eigenvalue weighted by Crippen LogP contribution is -2.17. The molecule has 2 rings (SSSR count). The standard InChI is InChI=1S/C17H21BrO2/c1-10(2)13-5-4-11(3)6-14(13)17-15(19)7-12(9-18)8-16(17)20/h6-8,13-14,19-20H,1,4-5,9H2,2-3H3/t13-,14+/m0/s1. The van der Waals surface area contributed by atoms with E-state index in [2.05, 4.69) is 35.5 Å². The smallest absolute Gasteiger partial charge is 0.123 e. The van der Waals surface area contributed by atoms with Gasteiger partial charge in [-0.25, -0.2) is 0 Å². The van der Waals surface area contributed by atoms with Gasteiger partial charge in [0.15, 0.2) is 0 Å². The van der Waals surface area contributed by atoms with Crippen molar-refractivity contribution in [3.8, 4) is 11.5 Å². The Morgan fingerprint density at radius 3 is 2.45 bits per heavy atom. The highest BCUT2D eigenvalue weighted by molar-refractivity contribution is 9.08. The number of phenols is 2. The zero-order valence-corrected chi connectivity index (χ0v) is 13.6. The lowest BCUT2D eigenvalue weighted by atomic mass is 9.74. The van der Waals surface area contributed by atoms with E-state index >= 15 is 0 Å². The number of allylic oxidation sites excluding steroid dienone is 3. The number of phenolic OH excluding ortho intramolecular Hbond substituents is 2. The molecule has 0 radical (unpaired) electrons. The third-order valence-corrected chi connectivity index (χ3v) is 4.71. The van der Waals surface area contributed by atoms with Gasteiger partial charge < -0.3 is 10.2 Å². The van der Waals surface area contributed by atoms with Crippen molar-refractivity contribution in [2.75, 3.05) is 0 Å². The van der Waals surface area contributed by atoms with Crippen LogP contribution in [0.15, 0.2) is 35.9 Å². The van der Waals surface area contributed by atoms with Gasteiger partial charge in [0.1, 0.15) is 11.5 Å². The molecule has 0 bridgehead atoms. The number of aromatic hydroxyl groups is 2. The highest BCUT2D eigenvalue weighted by atomic mass is 79.9. The maximum atomic E-state index is 10.3. The minimum absolute atomic E-state index is 0.00521. The number of benzene rings is 1. The average Bonchev–Trinajstić information content (AvgIpc) is 2.37. The van der Waals surface area contributed by atoms with Crippen molar-refractivity contribution in [2.45, 2.75) is 37.9 Å². The molecule has 0 spiro atoms. The van der Waals surface area contributed by atoms with Crippen LogP contribution in [0.3, 0.4) is 0 Å². The first kappa shape index (κ1) is 15.2. The van der Waals surface area contributed by atoms with Gasteiger partial charge in [0, 0.05) is 16.8 Å². The molecule has 0 aromatic heterocycles. The molecule has 2 nitrogen and oxygen atoms in total. The fraction of sp³-hybridized carbons (Fsp3) is 0.412. The lowest BCUT2D eigenvalue weighted by Gasteiger charge is -2.31. The highest BCUT2D eigenvalue weighted by Gasteiger charge is 2.29. The lowest BCUT2D eigenvalue weighted by molar-refractivity contribution is 0.406. The number of alkyl halides is 1. The molecular formula is C17H21BrO2. The molecule has 1 aromatic rings. The van der Waals surface area contributed by atoms with Crippen LogP contribution in [0.1, 0.15) is 43.7 Å². The van der Waals surface area contributed by atoms with Crippen LogP contribution in [-0.2, 0) is 5.33 Å². The molecule has 0 saturated heterocycles. The summed E-state index contributed by atoms with van der Waals surface area (Å²) in [6.07, 6.45) is 4.22. The molecule has 0 saturated carbocycles. The zero-order valence-electron chi connectivity index (χ0n) is 12.0. The third kappa shape index (κ3) is 2.93. The Morgan fingerprint density at radius 2 is 1.95 bits per heavy atom. The molecule has 20 heavy (non-hydrogen) atoms. The van der Waals surface area contributed by atoms with Gasteiger partial charge >= 0.3 is 0 Å². The molecule has 0 heterocycles. The predicted octanol–water partition coefficient (Wildman–Crippen LogP) is 5.01. The molecule has 1 aliphatic rings. The van der Waals surface area contributed by atoms with Gasteiger partial charge in [0.05, 0.1) is 0 Å². The van der Waals surface area contributed by atoms with Gasteiger partial charge in [-0.3, -0.25) is 0 Å². The molecule has 0 unspecified atom stereocenters. The first-order valence-electron chi connectivity index (χ1n) is 6.87. The molecule has 2 atom stereocenters. The second-order valence-electron chi connectivity index (χ2n) is 5.71. The van der Waals surface area contributed by atoms with E-state index in [0.29, 0.717) is 10.9 Å². The minimum Gasteiger partial charge on any atom is -0.507 e. The highest BCUT2D eigenvalue weighted by Crippen LogP contribution is 2.46. The Bertz CT molecular complexity index is 537. The minimum atomic E-state index is 0.00521. The van der Waals surface area contributed by atoms with Gasteiger partial charge in [-0.2, -0.15) is 0 Å². The summed E-state index contributed by atoms with van der Waals surface area (Å²) in [6, 6.07) is 3.44. The van der Waals surface area contributed by atoms with Crippen molar-refractivity contribution >= 4 is 15.9 Å². The van der Waals surface area contributed by atoms with E-state index in [1.165, 1.54) is 5.57 Å². The summed E-state index contributed by atoms with van der Waals surface area (Å²) in [5, 5.41) is 21.2. The van der Waals surface area contributed by atoms with Crippen molar-refractivity contribution in [3.63, 3.8) is 0 Å². The second-order valence-corrected chi connectivity index (χ2v) is 6.27. The van der Waals surface area contributed by atoms with Crippen LogP contribution in [-0.4, -0.2) is 10.2 Å². The van der Waals surface area contributed by atoms with Crippen LogP contribution in [0.4, 0.5) is 0 Å². The van der Waals surface area contributed by atoms with Crippen LogP contribution in [0, 0.1) is 5.92 Å². The quantitative estimate of drug-likeness (QED) is 0.601. The zero-order chi connectivity index (χ0) is 14.9. The number of halogens is 1. The maximum Gasteiger partial charge on any atom is 0.123 e. The van der Waals surface area contributed by atoms with Crippen molar-refractivity contribution < 1.29 is 10.2 Å². The third-order valence-electron chi connectivity index (χ3n) is 4.06. The van der Waals surface area contributed by atoms with E-state index in [4.69, 9.17) is 0 Å². The Kier molecular flexibility index (Phi) is 4.59. The summed E-state index contributed by atoms with van der Waals surface area (Å²) in [5.41, 5.74) is 3.90. The Hall–Kier alpha value is -1.22. The van der Waals surface area contributed by atoms with Gasteiger partial charge in [-0.1, -0.05) is 39.7 Å². The van der Waals surface area contributed by atoms with E-state index in [1.54, 1.807) is 12.1 Å². The molecule has 0 fully saturated rings. The summed E-state index contributed by atoms with van der Waals surface area (Å²) >= 11 is 3.34. The monoisotopic (exact) mass is 336 g/mol. The molecule has 0 aliphatic heterocycles. The van der Waals surface area contributed by atoms with Gasteiger partial charge in [0.25, 0.3) is 0 Å². The molecular weight excluding hydrogens is 316 g/mol. The number of hydrogen-bond acceptors (Lipinski definition) is 2. The SMILES string of the molecule is C=C(C)[C@@H]1CCC(C)=C[C@H]1c1c(O)cc(CBr)cc1O. The van der Waals surface area contributed by atoms with Gasteiger partial charge in [-0.15, -0.1) is 0 Å². The topological polar surface area (TPSA) is 40.5 Å². The molecule has 2 N–H and O–H groups in total. The maximum absolute atomic E-state index is 10.3. The summed E-state index contributed by atoms with van der Waals surface area (Å²) in [5.74, 6) is 0.610. The van der Waals surface area contributed by atoms with Crippen LogP contribution in [0.2, 0.25) is 0 Å². The summed E-state index contributed by atoms with van der Waals surface area (Å²) < 4.78 is 0. The van der Waals surface area contributed by atoms with Crippen LogP contribution >= 0.6 is 15.9 Å². The largest absolute Gasteiger partial charge is 0.507 e. The van der Waals surface area contributed by atoms with Gasteiger partial charge in [0.2, 0.25) is 0 Å². The van der Waals surface area contributed by atoms with Crippen molar-refractivity contribution in [2.24, 2.45) is 5.92 Å². The first-order valence-corrected chi connectivity index (χ1v) is 7.99. The van der Waals surface area contributed by atoms with Crippen LogP contribution in [0.25, 0.3) is 0 Å².